The second-order valence-electron chi connectivity index (χ2n) is 5.85. The highest BCUT2D eigenvalue weighted by molar-refractivity contribution is 6.51. The van der Waals surface area contributed by atoms with Crippen LogP contribution in [0.3, 0.4) is 0 Å². The molecule has 4 rings (SSSR count). The largest absolute Gasteiger partial charge is 0.311 e. The van der Waals surface area contributed by atoms with E-state index in [1.807, 2.05) is 6.07 Å². The van der Waals surface area contributed by atoms with Gasteiger partial charge in [-0.1, -0.05) is 36.4 Å². The van der Waals surface area contributed by atoms with Crippen LogP contribution in [0.15, 0.2) is 60.2 Å². The number of hydrogen-bond acceptors (Lipinski definition) is 3. The van der Waals surface area contributed by atoms with Gasteiger partial charge in [-0.15, -0.1) is 11.6 Å². The SMILES string of the molecule is CN1C(=O)/C(=C2/C(=O)N(c3ccccc3)C(=O)C2Cl)c2ccccc21. The van der Waals surface area contributed by atoms with E-state index in [9.17, 15) is 14.4 Å². The molecule has 0 saturated carbocycles. The Bertz CT molecular complexity index is 952. The Morgan fingerprint density at radius 3 is 2.24 bits per heavy atom. The van der Waals surface area contributed by atoms with Crippen molar-refractivity contribution in [1.82, 2.24) is 0 Å². The van der Waals surface area contributed by atoms with Crippen molar-refractivity contribution in [1.29, 1.82) is 0 Å². The molecular weight excluding hydrogens is 340 g/mol. The number of hydrogen-bond donors (Lipinski definition) is 0. The molecule has 2 heterocycles. The van der Waals surface area contributed by atoms with Gasteiger partial charge in [0.1, 0.15) is 5.38 Å². The lowest BCUT2D eigenvalue weighted by molar-refractivity contribution is -0.120. The molecule has 0 aromatic heterocycles. The van der Waals surface area contributed by atoms with Gasteiger partial charge in [-0.05, 0) is 18.2 Å². The number of anilines is 2. The highest BCUT2D eigenvalue weighted by Crippen LogP contribution is 2.42. The van der Waals surface area contributed by atoms with Crippen molar-refractivity contribution in [2.45, 2.75) is 5.38 Å². The second kappa shape index (κ2) is 5.57. The molecule has 0 radical (unpaired) electrons. The van der Waals surface area contributed by atoms with Crippen LogP contribution in [0, 0.1) is 0 Å². The van der Waals surface area contributed by atoms with Crippen molar-refractivity contribution < 1.29 is 14.4 Å². The maximum absolute atomic E-state index is 13.0. The summed E-state index contributed by atoms with van der Waals surface area (Å²) in [6.07, 6.45) is 0. The first-order valence-electron chi connectivity index (χ1n) is 7.71. The summed E-state index contributed by atoms with van der Waals surface area (Å²) in [5.41, 5.74) is 1.99. The van der Waals surface area contributed by atoms with Gasteiger partial charge >= 0.3 is 0 Å². The molecule has 5 nitrogen and oxygen atoms in total. The monoisotopic (exact) mass is 352 g/mol. The van der Waals surface area contributed by atoms with Crippen LogP contribution in [0.5, 0.6) is 0 Å². The number of alkyl halides is 1. The average Bonchev–Trinajstić information content (AvgIpc) is 3.00. The van der Waals surface area contributed by atoms with Crippen molar-refractivity contribution in [3.05, 3.63) is 65.7 Å². The smallest absolute Gasteiger partial charge is 0.263 e. The van der Waals surface area contributed by atoms with Crippen molar-refractivity contribution in [2.24, 2.45) is 0 Å². The summed E-state index contributed by atoms with van der Waals surface area (Å²) in [6.45, 7) is 0. The van der Waals surface area contributed by atoms with Gasteiger partial charge in [0, 0.05) is 12.6 Å². The maximum atomic E-state index is 13.0. The van der Waals surface area contributed by atoms with E-state index in [2.05, 4.69) is 0 Å². The Labute approximate surface area is 149 Å². The van der Waals surface area contributed by atoms with Gasteiger partial charge in [0.05, 0.1) is 22.5 Å². The van der Waals surface area contributed by atoms with E-state index < -0.39 is 17.2 Å². The van der Waals surface area contributed by atoms with Crippen LogP contribution in [0.25, 0.3) is 5.57 Å². The molecule has 0 aliphatic carbocycles. The number of carbonyl (C=O) groups excluding carboxylic acids is 3. The predicted octanol–water partition coefficient (Wildman–Crippen LogP) is 2.60. The topological polar surface area (TPSA) is 57.7 Å². The van der Waals surface area contributed by atoms with Crippen LogP contribution < -0.4 is 9.80 Å². The van der Waals surface area contributed by atoms with Crippen LogP contribution >= 0.6 is 11.6 Å². The first kappa shape index (κ1) is 15.6. The standard InChI is InChI=1S/C19H13ClN2O3/c1-21-13-10-6-5-9-12(13)14(17(21)23)15-16(20)19(25)22(18(15)24)11-7-3-2-4-8-11/h2-10,16H,1H3/b15-14+. The molecular formula is C19H13ClN2O3. The number of nitrogens with zero attached hydrogens (tertiary/aromatic N) is 2. The van der Waals surface area contributed by atoms with E-state index in [4.69, 9.17) is 11.6 Å². The minimum atomic E-state index is -1.19. The summed E-state index contributed by atoms with van der Waals surface area (Å²) in [6, 6.07) is 15.7. The van der Waals surface area contributed by atoms with Gasteiger partial charge < -0.3 is 4.90 Å². The number of benzene rings is 2. The highest BCUT2D eigenvalue weighted by Gasteiger charge is 2.48. The Balaban J connectivity index is 1.92. The van der Waals surface area contributed by atoms with Crippen LogP contribution in [0.1, 0.15) is 5.56 Å². The van der Waals surface area contributed by atoms with Crippen LogP contribution in [-0.2, 0) is 14.4 Å². The minimum absolute atomic E-state index is 0.0392. The fourth-order valence-corrected chi connectivity index (χ4v) is 3.55. The van der Waals surface area contributed by atoms with Gasteiger partial charge in [-0.3, -0.25) is 14.4 Å². The zero-order valence-electron chi connectivity index (χ0n) is 13.3. The van der Waals surface area contributed by atoms with Crippen LogP contribution in [0.2, 0.25) is 0 Å². The molecule has 0 bridgehead atoms. The summed E-state index contributed by atoms with van der Waals surface area (Å²) < 4.78 is 0. The fourth-order valence-electron chi connectivity index (χ4n) is 3.25. The Morgan fingerprint density at radius 2 is 1.52 bits per heavy atom. The summed E-state index contributed by atoms with van der Waals surface area (Å²) >= 11 is 6.29. The molecule has 124 valence electrons. The molecule has 2 aromatic carbocycles. The molecule has 1 saturated heterocycles. The Kier molecular flexibility index (Phi) is 3.47. The normalized spacial score (nSPS) is 22.8. The molecule has 1 unspecified atom stereocenters. The summed E-state index contributed by atoms with van der Waals surface area (Å²) in [5.74, 6) is -1.43. The zero-order chi connectivity index (χ0) is 17.7. The fraction of sp³-hybridized carbons (Fsp3) is 0.105. The van der Waals surface area contributed by atoms with Crippen molar-refractivity contribution in [2.75, 3.05) is 16.8 Å². The Hall–Kier alpha value is -2.92. The molecule has 0 N–H and O–H groups in total. The van der Waals surface area contributed by atoms with Gasteiger partial charge in [0.15, 0.2) is 0 Å². The lowest BCUT2D eigenvalue weighted by Crippen LogP contribution is -2.30. The van der Waals surface area contributed by atoms with Crippen LogP contribution in [-0.4, -0.2) is 30.1 Å². The van der Waals surface area contributed by atoms with Gasteiger partial charge in [0.2, 0.25) is 0 Å². The molecule has 1 fully saturated rings. The molecule has 2 aliphatic rings. The summed E-state index contributed by atoms with van der Waals surface area (Å²) in [5, 5.41) is -1.19. The van der Waals surface area contributed by atoms with Crippen molar-refractivity contribution in [3.63, 3.8) is 0 Å². The number of likely N-dealkylation sites (N-methyl/N-ethyl adjacent to an activating group) is 1. The lowest BCUT2D eigenvalue weighted by atomic mass is 10.00. The van der Waals surface area contributed by atoms with E-state index in [0.29, 0.717) is 16.9 Å². The quantitative estimate of drug-likeness (QED) is 0.450. The number of rotatable bonds is 1. The van der Waals surface area contributed by atoms with E-state index in [1.54, 1.807) is 55.6 Å². The third kappa shape index (κ3) is 2.13. The van der Waals surface area contributed by atoms with Gasteiger partial charge in [-0.25, -0.2) is 4.90 Å². The third-order valence-corrected chi connectivity index (χ3v) is 4.87. The zero-order valence-corrected chi connectivity index (χ0v) is 14.0. The Morgan fingerprint density at radius 1 is 0.880 bits per heavy atom. The number of fused-ring (bicyclic) bond motifs is 1. The third-order valence-electron chi connectivity index (χ3n) is 4.46. The van der Waals surface area contributed by atoms with Gasteiger partial charge in [0.25, 0.3) is 17.7 Å². The molecule has 6 heteroatoms. The second-order valence-corrected chi connectivity index (χ2v) is 6.28. The number of imide groups is 1. The summed E-state index contributed by atoms with van der Waals surface area (Å²) in [4.78, 5) is 40.8. The first-order valence-corrected chi connectivity index (χ1v) is 8.15. The number of carbonyl (C=O) groups is 3. The average molecular weight is 353 g/mol. The van der Waals surface area contributed by atoms with Crippen molar-refractivity contribution in [3.8, 4) is 0 Å². The maximum Gasteiger partial charge on any atom is 0.263 e. The van der Waals surface area contributed by atoms with E-state index in [-0.39, 0.29) is 17.1 Å². The first-order chi connectivity index (χ1) is 12.0. The predicted molar refractivity (Wildman–Crippen MR) is 95.3 cm³/mol. The molecule has 3 amide bonds. The number of para-hydroxylation sites is 2. The summed E-state index contributed by atoms with van der Waals surface area (Å²) in [7, 11) is 1.63. The van der Waals surface area contributed by atoms with E-state index in [1.165, 1.54) is 4.90 Å². The van der Waals surface area contributed by atoms with E-state index >= 15 is 0 Å². The van der Waals surface area contributed by atoms with Crippen molar-refractivity contribution >= 4 is 46.3 Å². The molecule has 25 heavy (non-hydrogen) atoms. The number of halogens is 1. The molecule has 2 aromatic rings. The van der Waals surface area contributed by atoms with Crippen LogP contribution in [0.4, 0.5) is 11.4 Å². The highest BCUT2D eigenvalue weighted by atomic mass is 35.5. The minimum Gasteiger partial charge on any atom is -0.311 e. The number of amides is 3. The van der Waals surface area contributed by atoms with E-state index in [0.717, 1.165) is 4.90 Å². The molecule has 1 atom stereocenters. The molecule has 2 aliphatic heterocycles. The lowest BCUT2D eigenvalue weighted by Gasteiger charge is -2.13. The molecule has 0 spiro atoms. The van der Waals surface area contributed by atoms with Gasteiger partial charge in [-0.2, -0.15) is 0 Å².